The zero-order valence-corrected chi connectivity index (χ0v) is 11.8. The summed E-state index contributed by atoms with van der Waals surface area (Å²) in [5, 5.41) is 0. The Morgan fingerprint density at radius 2 is 1.45 bits per heavy atom. The molecule has 0 heterocycles. The lowest BCUT2D eigenvalue weighted by atomic mass is 9.95. The molecule has 0 amide bonds. The van der Waals surface area contributed by atoms with Gasteiger partial charge in [-0.1, -0.05) is 12.2 Å². The summed E-state index contributed by atoms with van der Waals surface area (Å²) in [5.74, 6) is 1.99. The van der Waals surface area contributed by atoms with Crippen molar-refractivity contribution in [1.82, 2.24) is 0 Å². The normalized spacial score (nSPS) is 26.0. The van der Waals surface area contributed by atoms with Gasteiger partial charge in [-0.25, -0.2) is 4.79 Å². The number of allylic oxidation sites excluding steroid dienone is 6. The molecule has 0 N–H and O–H groups in total. The first kappa shape index (κ1) is 14.6. The molecule has 0 fully saturated rings. The number of ether oxygens (including phenoxy) is 2. The lowest BCUT2D eigenvalue weighted by Gasteiger charge is -2.20. The van der Waals surface area contributed by atoms with Gasteiger partial charge in [0.05, 0.1) is 0 Å². The van der Waals surface area contributed by atoms with Crippen molar-refractivity contribution in [3.05, 3.63) is 49.0 Å². The highest BCUT2D eigenvalue weighted by atomic mass is 16.7. The van der Waals surface area contributed by atoms with Gasteiger partial charge in [0.1, 0.15) is 11.5 Å². The molecule has 3 nitrogen and oxygen atoms in total. The van der Waals surface area contributed by atoms with Crippen LogP contribution in [-0.2, 0) is 9.47 Å². The molecular formula is C17H22O3. The van der Waals surface area contributed by atoms with Gasteiger partial charge >= 0.3 is 6.16 Å². The molecule has 2 rings (SSSR count). The van der Waals surface area contributed by atoms with E-state index in [1.54, 1.807) is 0 Å². The van der Waals surface area contributed by atoms with Gasteiger partial charge in [-0.15, -0.1) is 13.2 Å². The second-order valence-electron chi connectivity index (χ2n) is 5.30. The Labute approximate surface area is 120 Å². The van der Waals surface area contributed by atoms with Gasteiger partial charge in [-0.3, -0.25) is 0 Å². The van der Waals surface area contributed by atoms with E-state index in [2.05, 4.69) is 13.2 Å². The van der Waals surface area contributed by atoms with Gasteiger partial charge in [0.15, 0.2) is 0 Å². The predicted molar refractivity (Wildman–Crippen MR) is 78.8 cm³/mol. The Balaban J connectivity index is 1.89. The van der Waals surface area contributed by atoms with Crippen molar-refractivity contribution in [2.24, 2.45) is 11.8 Å². The van der Waals surface area contributed by atoms with Crippen LogP contribution < -0.4 is 0 Å². The van der Waals surface area contributed by atoms with Crippen LogP contribution in [0.4, 0.5) is 4.79 Å². The van der Waals surface area contributed by atoms with E-state index in [1.165, 1.54) is 0 Å². The number of carbonyl (C=O) groups excluding carboxylic acids is 1. The highest BCUT2D eigenvalue weighted by Crippen LogP contribution is 2.27. The zero-order valence-electron chi connectivity index (χ0n) is 11.8. The highest BCUT2D eigenvalue weighted by molar-refractivity contribution is 5.63. The summed E-state index contributed by atoms with van der Waals surface area (Å²) in [6, 6.07) is 0. The van der Waals surface area contributed by atoms with Crippen molar-refractivity contribution < 1.29 is 14.3 Å². The van der Waals surface area contributed by atoms with Crippen molar-refractivity contribution in [2.75, 3.05) is 0 Å². The summed E-state index contributed by atoms with van der Waals surface area (Å²) in [5.41, 5.74) is 0. The molecule has 3 heteroatoms. The predicted octanol–water partition coefficient (Wildman–Crippen LogP) is 4.88. The Morgan fingerprint density at radius 1 is 1.00 bits per heavy atom. The van der Waals surface area contributed by atoms with Crippen molar-refractivity contribution in [3.63, 3.8) is 0 Å². The molecule has 0 radical (unpaired) electrons. The molecule has 20 heavy (non-hydrogen) atoms. The Kier molecular flexibility index (Phi) is 5.22. The van der Waals surface area contributed by atoms with Gasteiger partial charge in [-0.05, 0) is 49.7 Å². The third-order valence-corrected chi connectivity index (χ3v) is 3.76. The monoisotopic (exact) mass is 274 g/mol. The summed E-state index contributed by atoms with van der Waals surface area (Å²) in [7, 11) is 0. The van der Waals surface area contributed by atoms with E-state index < -0.39 is 6.16 Å². The summed E-state index contributed by atoms with van der Waals surface area (Å²) >= 11 is 0. The van der Waals surface area contributed by atoms with E-state index >= 15 is 0 Å². The minimum Gasteiger partial charge on any atom is -0.400 e. The molecule has 0 aromatic carbocycles. The third kappa shape index (κ3) is 4.12. The molecule has 2 aliphatic rings. The number of carbonyl (C=O) groups is 1. The van der Waals surface area contributed by atoms with Crippen molar-refractivity contribution in [1.29, 1.82) is 0 Å². The minimum atomic E-state index is -0.628. The SMILES string of the molecule is C=CC1C=C(OC(=O)OC2=CC(C=C)CCC2)CCC1. The van der Waals surface area contributed by atoms with Gasteiger partial charge in [0.2, 0.25) is 0 Å². The summed E-state index contributed by atoms with van der Waals surface area (Å²) in [6.45, 7) is 7.55. The first-order chi connectivity index (χ1) is 9.71. The summed E-state index contributed by atoms with van der Waals surface area (Å²) < 4.78 is 10.6. The molecule has 2 aliphatic carbocycles. The first-order valence-corrected chi connectivity index (χ1v) is 7.27. The van der Waals surface area contributed by atoms with Gasteiger partial charge in [-0.2, -0.15) is 0 Å². The molecule has 2 unspecified atom stereocenters. The van der Waals surface area contributed by atoms with E-state index in [-0.39, 0.29) is 0 Å². The van der Waals surface area contributed by atoms with Crippen LogP contribution in [0.1, 0.15) is 38.5 Å². The summed E-state index contributed by atoms with van der Waals surface area (Å²) in [4.78, 5) is 11.8. The number of rotatable bonds is 4. The summed E-state index contributed by atoms with van der Waals surface area (Å²) in [6.07, 6.45) is 12.8. The Hall–Kier alpha value is -1.77. The van der Waals surface area contributed by atoms with Gasteiger partial charge < -0.3 is 9.47 Å². The second kappa shape index (κ2) is 7.13. The van der Waals surface area contributed by atoms with Crippen LogP contribution in [0.25, 0.3) is 0 Å². The maximum atomic E-state index is 11.8. The molecule has 0 aliphatic heterocycles. The van der Waals surface area contributed by atoms with Crippen LogP contribution in [0.3, 0.4) is 0 Å². The number of hydrogen-bond acceptors (Lipinski definition) is 3. The van der Waals surface area contributed by atoms with E-state index in [4.69, 9.17) is 9.47 Å². The van der Waals surface area contributed by atoms with Crippen LogP contribution >= 0.6 is 0 Å². The maximum absolute atomic E-state index is 11.8. The fraction of sp³-hybridized carbons (Fsp3) is 0.471. The molecule has 0 spiro atoms. The maximum Gasteiger partial charge on any atom is 0.518 e. The van der Waals surface area contributed by atoms with E-state index in [0.29, 0.717) is 23.4 Å². The van der Waals surface area contributed by atoms with Crippen LogP contribution in [0.5, 0.6) is 0 Å². The molecule has 0 saturated heterocycles. The fourth-order valence-corrected chi connectivity index (χ4v) is 2.61. The molecule has 0 aromatic rings. The van der Waals surface area contributed by atoms with Crippen LogP contribution in [0, 0.1) is 11.8 Å². The standard InChI is InChI=1S/C17H22O3/c1-3-13-7-5-9-15(11-13)19-17(18)20-16-10-6-8-14(4-2)12-16/h3-4,11-14H,1-2,5-10H2. The minimum absolute atomic E-state index is 0.297. The van der Waals surface area contributed by atoms with Crippen LogP contribution in [0.2, 0.25) is 0 Å². The lowest BCUT2D eigenvalue weighted by Crippen LogP contribution is -2.13. The van der Waals surface area contributed by atoms with Gasteiger partial charge in [0, 0.05) is 12.8 Å². The largest absolute Gasteiger partial charge is 0.518 e. The smallest absolute Gasteiger partial charge is 0.400 e. The molecule has 0 bridgehead atoms. The zero-order chi connectivity index (χ0) is 14.4. The first-order valence-electron chi connectivity index (χ1n) is 7.27. The third-order valence-electron chi connectivity index (χ3n) is 3.76. The molecule has 0 aromatic heterocycles. The quantitative estimate of drug-likeness (QED) is 0.541. The average Bonchev–Trinajstić information content (AvgIpc) is 2.47. The Morgan fingerprint density at radius 3 is 1.85 bits per heavy atom. The second-order valence-corrected chi connectivity index (χ2v) is 5.30. The molecular weight excluding hydrogens is 252 g/mol. The fourth-order valence-electron chi connectivity index (χ4n) is 2.61. The van der Waals surface area contributed by atoms with Crippen LogP contribution in [-0.4, -0.2) is 6.16 Å². The van der Waals surface area contributed by atoms with Gasteiger partial charge in [0.25, 0.3) is 0 Å². The molecule has 0 saturated carbocycles. The molecule has 108 valence electrons. The Bertz CT molecular complexity index is 405. The van der Waals surface area contributed by atoms with Crippen LogP contribution in [0.15, 0.2) is 49.0 Å². The van der Waals surface area contributed by atoms with Crippen molar-refractivity contribution in [3.8, 4) is 0 Å². The van der Waals surface area contributed by atoms with Crippen molar-refractivity contribution >= 4 is 6.16 Å². The lowest BCUT2D eigenvalue weighted by molar-refractivity contribution is 0.0934. The topological polar surface area (TPSA) is 35.5 Å². The average molecular weight is 274 g/mol. The van der Waals surface area contributed by atoms with E-state index in [9.17, 15) is 4.79 Å². The van der Waals surface area contributed by atoms with Crippen molar-refractivity contribution in [2.45, 2.75) is 38.5 Å². The van der Waals surface area contributed by atoms with E-state index in [0.717, 1.165) is 38.5 Å². The highest BCUT2D eigenvalue weighted by Gasteiger charge is 2.19. The van der Waals surface area contributed by atoms with E-state index in [1.807, 2.05) is 24.3 Å². The number of hydrogen-bond donors (Lipinski definition) is 0. The molecule has 2 atom stereocenters.